The molecule has 19 heavy (non-hydrogen) atoms. The van der Waals surface area contributed by atoms with Gasteiger partial charge >= 0.3 is 5.97 Å². The molecule has 1 saturated heterocycles. The summed E-state index contributed by atoms with van der Waals surface area (Å²) in [6.45, 7) is 2.95. The van der Waals surface area contributed by atoms with Gasteiger partial charge in [-0.25, -0.2) is 0 Å². The minimum absolute atomic E-state index is 0.0962. The number of carbonyl (C=O) groups is 2. The lowest BCUT2D eigenvalue weighted by atomic mass is 10.2. The lowest BCUT2D eigenvalue weighted by Crippen LogP contribution is -2.46. The minimum Gasteiger partial charge on any atom is -0.481 e. The molecule has 2 rings (SSSR count). The van der Waals surface area contributed by atoms with Crippen molar-refractivity contribution in [2.24, 2.45) is 0 Å². The predicted molar refractivity (Wildman–Crippen MR) is 72.0 cm³/mol. The number of hydrogen-bond donors (Lipinski definition) is 1. The average Bonchev–Trinajstić information content (AvgIpc) is 2.69. The van der Waals surface area contributed by atoms with Crippen LogP contribution in [-0.4, -0.2) is 47.7 Å². The van der Waals surface area contributed by atoms with Crippen LogP contribution in [0.25, 0.3) is 0 Å². The second-order valence-electron chi connectivity index (χ2n) is 4.40. The van der Waals surface area contributed by atoms with E-state index in [2.05, 4.69) is 0 Å². The third kappa shape index (κ3) is 3.26. The van der Waals surface area contributed by atoms with Crippen LogP contribution >= 0.6 is 22.9 Å². The highest BCUT2D eigenvalue weighted by molar-refractivity contribution is 7.13. The quantitative estimate of drug-likeness (QED) is 0.928. The van der Waals surface area contributed by atoms with E-state index in [9.17, 15) is 9.59 Å². The zero-order valence-electron chi connectivity index (χ0n) is 10.4. The second kappa shape index (κ2) is 5.90. The van der Waals surface area contributed by atoms with Crippen LogP contribution < -0.4 is 0 Å². The first-order chi connectivity index (χ1) is 8.99. The van der Waals surface area contributed by atoms with E-state index in [0.29, 0.717) is 29.6 Å². The maximum absolute atomic E-state index is 12.3. The van der Waals surface area contributed by atoms with Crippen molar-refractivity contribution in [3.05, 3.63) is 20.8 Å². The van der Waals surface area contributed by atoms with E-state index >= 15 is 0 Å². The summed E-state index contributed by atoms with van der Waals surface area (Å²) in [5.41, 5.74) is 0.880. The van der Waals surface area contributed by atoms with E-state index in [0.717, 1.165) is 5.56 Å². The molecule has 2 heterocycles. The van der Waals surface area contributed by atoms with Crippen LogP contribution in [0.1, 0.15) is 21.7 Å². The first kappa shape index (κ1) is 14.3. The minimum atomic E-state index is -0.927. The Morgan fingerprint density at radius 2 is 2.37 bits per heavy atom. The van der Waals surface area contributed by atoms with Gasteiger partial charge in [-0.2, -0.15) is 0 Å². The van der Waals surface area contributed by atoms with Gasteiger partial charge in [0, 0.05) is 13.1 Å². The number of thiophene rings is 1. The van der Waals surface area contributed by atoms with E-state index in [4.69, 9.17) is 21.4 Å². The Bertz CT molecular complexity index is 502. The van der Waals surface area contributed by atoms with E-state index in [1.807, 2.05) is 12.3 Å². The van der Waals surface area contributed by atoms with Crippen molar-refractivity contribution in [3.8, 4) is 0 Å². The Kier molecular flexibility index (Phi) is 4.44. The molecule has 1 aliphatic rings. The lowest BCUT2D eigenvalue weighted by molar-refractivity contribution is -0.141. The fourth-order valence-electron chi connectivity index (χ4n) is 1.94. The van der Waals surface area contributed by atoms with Crippen LogP contribution in [0, 0.1) is 6.92 Å². The number of ether oxygens (including phenoxy) is 1. The molecule has 7 heteroatoms. The Morgan fingerprint density at radius 3 is 2.95 bits per heavy atom. The Labute approximate surface area is 119 Å². The SMILES string of the molecule is Cc1csc(C(=O)N2CCOC(CC(=O)O)C2)c1Cl. The van der Waals surface area contributed by atoms with Gasteiger partial charge in [-0.15, -0.1) is 11.3 Å². The van der Waals surface area contributed by atoms with E-state index in [-0.39, 0.29) is 12.3 Å². The van der Waals surface area contributed by atoms with Gasteiger partial charge in [0.15, 0.2) is 0 Å². The number of morpholine rings is 1. The molecule has 1 amide bonds. The van der Waals surface area contributed by atoms with Crippen molar-refractivity contribution in [1.82, 2.24) is 4.90 Å². The van der Waals surface area contributed by atoms with Crippen molar-refractivity contribution in [2.75, 3.05) is 19.7 Å². The molecular weight excluding hydrogens is 290 g/mol. The predicted octanol–water partition coefficient (Wildman–Crippen LogP) is 2.03. The van der Waals surface area contributed by atoms with Gasteiger partial charge in [0.05, 0.1) is 24.2 Å². The van der Waals surface area contributed by atoms with Crippen LogP contribution in [0.15, 0.2) is 5.38 Å². The third-order valence-electron chi connectivity index (χ3n) is 2.92. The molecule has 0 radical (unpaired) electrons. The molecule has 0 spiro atoms. The molecule has 0 bridgehead atoms. The van der Waals surface area contributed by atoms with Crippen LogP contribution in [0.2, 0.25) is 5.02 Å². The van der Waals surface area contributed by atoms with Gasteiger partial charge in [-0.1, -0.05) is 11.6 Å². The molecule has 1 atom stereocenters. The number of carboxylic acids is 1. The normalized spacial score (nSPS) is 19.5. The van der Waals surface area contributed by atoms with E-state index in [1.165, 1.54) is 11.3 Å². The summed E-state index contributed by atoms with van der Waals surface area (Å²) in [6.07, 6.45) is -0.545. The molecule has 1 unspecified atom stereocenters. The van der Waals surface area contributed by atoms with Gasteiger partial charge in [0.1, 0.15) is 4.88 Å². The first-order valence-corrected chi connectivity index (χ1v) is 7.11. The fourth-order valence-corrected chi connectivity index (χ4v) is 3.18. The topological polar surface area (TPSA) is 66.8 Å². The third-order valence-corrected chi connectivity index (χ3v) is 4.61. The van der Waals surface area contributed by atoms with Gasteiger partial charge in [0.2, 0.25) is 0 Å². The van der Waals surface area contributed by atoms with Crippen molar-refractivity contribution in [2.45, 2.75) is 19.4 Å². The van der Waals surface area contributed by atoms with Crippen LogP contribution in [-0.2, 0) is 9.53 Å². The van der Waals surface area contributed by atoms with Crippen molar-refractivity contribution >= 4 is 34.8 Å². The molecule has 104 valence electrons. The van der Waals surface area contributed by atoms with Gasteiger partial charge in [-0.3, -0.25) is 9.59 Å². The molecular formula is C12H14ClNO4S. The van der Waals surface area contributed by atoms with Crippen molar-refractivity contribution < 1.29 is 19.4 Å². The summed E-state index contributed by atoms with van der Waals surface area (Å²) in [5, 5.41) is 11.1. The maximum atomic E-state index is 12.3. The summed E-state index contributed by atoms with van der Waals surface area (Å²) in [4.78, 5) is 25.1. The molecule has 0 aromatic carbocycles. The number of carbonyl (C=O) groups excluding carboxylic acids is 1. The maximum Gasteiger partial charge on any atom is 0.306 e. The Hall–Kier alpha value is -1.11. The highest BCUT2D eigenvalue weighted by atomic mass is 35.5. The number of halogens is 1. The lowest BCUT2D eigenvalue weighted by Gasteiger charge is -2.32. The zero-order chi connectivity index (χ0) is 14.0. The molecule has 1 aromatic heterocycles. The van der Waals surface area contributed by atoms with Crippen LogP contribution in [0.3, 0.4) is 0 Å². The fraction of sp³-hybridized carbons (Fsp3) is 0.500. The van der Waals surface area contributed by atoms with Crippen LogP contribution in [0.4, 0.5) is 0 Å². The van der Waals surface area contributed by atoms with Gasteiger partial charge in [-0.05, 0) is 17.9 Å². The van der Waals surface area contributed by atoms with Gasteiger partial charge in [0.25, 0.3) is 5.91 Å². The molecule has 1 aliphatic heterocycles. The summed E-state index contributed by atoms with van der Waals surface area (Å²) >= 11 is 7.39. The number of carboxylic acid groups (broad SMARTS) is 1. The summed E-state index contributed by atoms with van der Waals surface area (Å²) < 4.78 is 5.34. The standard InChI is InChI=1S/C12H14ClNO4S/c1-7-6-19-11(10(7)13)12(17)14-2-3-18-8(5-14)4-9(15)16/h6,8H,2-5H2,1H3,(H,15,16). The molecule has 1 N–H and O–H groups in total. The molecule has 5 nitrogen and oxygen atoms in total. The smallest absolute Gasteiger partial charge is 0.306 e. The molecule has 0 aliphatic carbocycles. The summed E-state index contributed by atoms with van der Waals surface area (Å²) in [6, 6.07) is 0. The van der Waals surface area contributed by atoms with Crippen LogP contribution in [0.5, 0.6) is 0 Å². The number of hydrogen-bond acceptors (Lipinski definition) is 4. The highest BCUT2D eigenvalue weighted by Gasteiger charge is 2.28. The van der Waals surface area contributed by atoms with Crippen molar-refractivity contribution in [3.63, 3.8) is 0 Å². The monoisotopic (exact) mass is 303 g/mol. The number of nitrogens with zero attached hydrogens (tertiary/aromatic N) is 1. The summed E-state index contributed by atoms with van der Waals surface area (Å²) in [5.74, 6) is -1.08. The summed E-state index contributed by atoms with van der Waals surface area (Å²) in [7, 11) is 0. The van der Waals surface area contributed by atoms with E-state index < -0.39 is 12.1 Å². The van der Waals surface area contributed by atoms with Crippen molar-refractivity contribution in [1.29, 1.82) is 0 Å². The number of rotatable bonds is 3. The molecule has 0 saturated carbocycles. The van der Waals surface area contributed by atoms with E-state index in [1.54, 1.807) is 4.90 Å². The zero-order valence-corrected chi connectivity index (χ0v) is 12.0. The number of aliphatic carboxylic acids is 1. The first-order valence-electron chi connectivity index (χ1n) is 5.85. The number of amides is 1. The molecule has 1 fully saturated rings. The second-order valence-corrected chi connectivity index (χ2v) is 5.66. The largest absolute Gasteiger partial charge is 0.481 e. The number of aryl methyl sites for hydroxylation is 1. The Morgan fingerprint density at radius 1 is 1.63 bits per heavy atom. The Balaban J connectivity index is 2.07. The van der Waals surface area contributed by atoms with Gasteiger partial charge < -0.3 is 14.7 Å². The molecule has 1 aromatic rings. The highest BCUT2D eigenvalue weighted by Crippen LogP contribution is 2.28. The average molecular weight is 304 g/mol.